The van der Waals surface area contributed by atoms with E-state index >= 15 is 0 Å². The number of benzene rings is 1. The fraction of sp³-hybridized carbons (Fsp3) is 0.625. The van der Waals surface area contributed by atoms with Gasteiger partial charge in [-0.3, -0.25) is 0 Å². The van der Waals surface area contributed by atoms with Crippen LogP contribution in [0.25, 0.3) is 0 Å². The molecule has 1 fully saturated rings. The van der Waals surface area contributed by atoms with E-state index in [0.29, 0.717) is 0 Å². The van der Waals surface area contributed by atoms with Crippen LogP contribution in [0.4, 0.5) is 5.69 Å². The number of ether oxygens (including phenoxy) is 1. The van der Waals surface area contributed by atoms with Crippen LogP contribution in [-0.4, -0.2) is 33.4 Å². The zero-order valence-electron chi connectivity index (χ0n) is 12.5. The first-order valence-corrected chi connectivity index (χ1v) is 8.28. The molecule has 0 atom stereocenters. The van der Waals surface area contributed by atoms with Gasteiger partial charge in [0.05, 0.1) is 0 Å². The van der Waals surface area contributed by atoms with E-state index in [1.54, 1.807) is 0 Å². The first-order chi connectivity index (χ1) is 9.70. The maximum Gasteiger partial charge on any atom is 0.0469 e. The van der Waals surface area contributed by atoms with Gasteiger partial charge in [-0.1, -0.05) is 28.9 Å². The van der Waals surface area contributed by atoms with Gasteiger partial charge >= 0.3 is 0 Å². The molecule has 1 aliphatic heterocycles. The van der Waals surface area contributed by atoms with Gasteiger partial charge in [-0.2, -0.15) is 0 Å². The van der Waals surface area contributed by atoms with E-state index in [9.17, 15) is 0 Å². The number of nitrogens with zero attached hydrogens (tertiary/aromatic N) is 1. The molecule has 0 aromatic heterocycles. The van der Waals surface area contributed by atoms with Crippen molar-refractivity contribution in [2.75, 3.05) is 38.3 Å². The van der Waals surface area contributed by atoms with Gasteiger partial charge in [-0.25, -0.2) is 0 Å². The Balaban J connectivity index is 2.06. The molecule has 1 aromatic rings. The second-order valence-electron chi connectivity index (χ2n) is 5.49. The quantitative estimate of drug-likeness (QED) is 0.858. The Morgan fingerprint density at radius 2 is 2.10 bits per heavy atom. The van der Waals surface area contributed by atoms with E-state index in [-0.39, 0.29) is 0 Å². The minimum absolute atomic E-state index is 0.750. The molecule has 0 radical (unpaired) electrons. The number of halogens is 1. The zero-order valence-corrected chi connectivity index (χ0v) is 14.1. The van der Waals surface area contributed by atoms with Crippen molar-refractivity contribution in [1.82, 2.24) is 5.32 Å². The molecule has 2 rings (SSSR count). The molecule has 0 spiro atoms. The van der Waals surface area contributed by atoms with Crippen LogP contribution < -0.4 is 10.2 Å². The summed E-state index contributed by atoms with van der Waals surface area (Å²) in [7, 11) is 2.20. The summed E-state index contributed by atoms with van der Waals surface area (Å²) in [5.41, 5.74) is 2.69. The molecule has 4 heteroatoms. The van der Waals surface area contributed by atoms with Crippen LogP contribution in [0, 0.1) is 5.92 Å². The molecule has 1 N–H and O–H groups in total. The number of rotatable bonds is 6. The third-order valence-electron chi connectivity index (χ3n) is 3.90. The van der Waals surface area contributed by atoms with E-state index in [1.807, 2.05) is 0 Å². The number of hydrogen-bond donors (Lipinski definition) is 1. The lowest BCUT2D eigenvalue weighted by Gasteiger charge is -2.30. The highest BCUT2D eigenvalue weighted by Gasteiger charge is 2.17. The van der Waals surface area contributed by atoms with Gasteiger partial charge in [0.25, 0.3) is 0 Å². The topological polar surface area (TPSA) is 24.5 Å². The summed E-state index contributed by atoms with van der Waals surface area (Å²) >= 11 is 3.59. The van der Waals surface area contributed by atoms with Crippen LogP contribution in [0.5, 0.6) is 0 Å². The molecule has 112 valence electrons. The molecule has 0 amide bonds. The summed E-state index contributed by atoms with van der Waals surface area (Å²) in [6.07, 6.45) is 2.36. The van der Waals surface area contributed by atoms with Crippen molar-refractivity contribution >= 4 is 21.6 Å². The Kier molecular flexibility index (Phi) is 6.33. The van der Waals surface area contributed by atoms with Gasteiger partial charge in [-0.05, 0) is 43.0 Å². The maximum atomic E-state index is 5.45. The van der Waals surface area contributed by atoms with Gasteiger partial charge in [0, 0.05) is 43.5 Å². The molecule has 3 nitrogen and oxygen atoms in total. The Labute approximate surface area is 130 Å². The minimum Gasteiger partial charge on any atom is -0.381 e. The van der Waals surface area contributed by atoms with E-state index < -0.39 is 0 Å². The molecule has 0 aliphatic carbocycles. The first-order valence-electron chi connectivity index (χ1n) is 7.48. The third kappa shape index (κ3) is 4.47. The van der Waals surface area contributed by atoms with Crippen LogP contribution in [0.15, 0.2) is 22.7 Å². The Morgan fingerprint density at radius 1 is 1.35 bits per heavy atom. The standard InChI is InChI=1S/C16H25BrN2O/c1-3-18-11-14-4-5-15(17)10-16(14)19(2)12-13-6-8-20-9-7-13/h4-5,10,13,18H,3,6-9,11-12H2,1-2H3. The summed E-state index contributed by atoms with van der Waals surface area (Å²) in [4.78, 5) is 2.40. The highest BCUT2D eigenvalue weighted by atomic mass is 79.9. The largest absolute Gasteiger partial charge is 0.381 e. The molecular formula is C16H25BrN2O. The van der Waals surface area contributed by atoms with Gasteiger partial charge in [0.15, 0.2) is 0 Å². The predicted molar refractivity (Wildman–Crippen MR) is 88.3 cm³/mol. The summed E-state index contributed by atoms with van der Waals surface area (Å²) < 4.78 is 6.59. The highest BCUT2D eigenvalue weighted by Crippen LogP contribution is 2.26. The van der Waals surface area contributed by atoms with Crippen molar-refractivity contribution in [1.29, 1.82) is 0 Å². The van der Waals surface area contributed by atoms with Gasteiger partial charge in [-0.15, -0.1) is 0 Å². The molecule has 1 saturated heterocycles. The fourth-order valence-corrected chi connectivity index (χ4v) is 3.07. The average molecular weight is 341 g/mol. The molecule has 20 heavy (non-hydrogen) atoms. The van der Waals surface area contributed by atoms with Crippen LogP contribution in [0.2, 0.25) is 0 Å². The van der Waals surface area contributed by atoms with E-state index in [2.05, 4.69) is 58.3 Å². The predicted octanol–water partition coefficient (Wildman–Crippen LogP) is 3.42. The van der Waals surface area contributed by atoms with Crippen LogP contribution >= 0.6 is 15.9 Å². The average Bonchev–Trinajstić information content (AvgIpc) is 2.47. The van der Waals surface area contributed by atoms with Crippen molar-refractivity contribution < 1.29 is 4.74 Å². The molecule has 0 saturated carbocycles. The smallest absolute Gasteiger partial charge is 0.0469 e. The summed E-state index contributed by atoms with van der Waals surface area (Å²) in [5, 5.41) is 3.42. The molecular weight excluding hydrogens is 316 g/mol. The maximum absolute atomic E-state index is 5.45. The van der Waals surface area contributed by atoms with Gasteiger partial charge in [0.1, 0.15) is 0 Å². The van der Waals surface area contributed by atoms with Crippen molar-refractivity contribution in [2.24, 2.45) is 5.92 Å². The monoisotopic (exact) mass is 340 g/mol. The lowest BCUT2D eigenvalue weighted by atomic mass is 9.99. The normalized spacial score (nSPS) is 16.4. The minimum atomic E-state index is 0.750. The first kappa shape index (κ1) is 15.8. The number of hydrogen-bond acceptors (Lipinski definition) is 3. The number of nitrogens with one attached hydrogen (secondary N) is 1. The van der Waals surface area contributed by atoms with Crippen LogP contribution in [-0.2, 0) is 11.3 Å². The third-order valence-corrected chi connectivity index (χ3v) is 4.39. The second kappa shape index (κ2) is 8.01. The molecule has 0 bridgehead atoms. The summed E-state index contributed by atoms with van der Waals surface area (Å²) in [6, 6.07) is 6.56. The molecule has 1 aromatic carbocycles. The summed E-state index contributed by atoms with van der Waals surface area (Å²) in [6.45, 7) is 7.02. The van der Waals surface area contributed by atoms with Gasteiger partial charge in [0.2, 0.25) is 0 Å². The Bertz CT molecular complexity index is 419. The zero-order chi connectivity index (χ0) is 14.4. The second-order valence-corrected chi connectivity index (χ2v) is 6.41. The van der Waals surface area contributed by atoms with Crippen molar-refractivity contribution in [2.45, 2.75) is 26.3 Å². The van der Waals surface area contributed by atoms with Crippen molar-refractivity contribution in [3.8, 4) is 0 Å². The molecule has 0 unspecified atom stereocenters. The molecule has 1 heterocycles. The Morgan fingerprint density at radius 3 is 2.80 bits per heavy atom. The lowest BCUT2D eigenvalue weighted by molar-refractivity contribution is 0.0685. The van der Waals surface area contributed by atoms with Crippen LogP contribution in [0.3, 0.4) is 0 Å². The van der Waals surface area contributed by atoms with E-state index in [4.69, 9.17) is 4.74 Å². The fourth-order valence-electron chi connectivity index (χ4n) is 2.72. The Hall–Kier alpha value is -0.580. The van der Waals surface area contributed by atoms with Crippen LogP contribution in [0.1, 0.15) is 25.3 Å². The SMILES string of the molecule is CCNCc1ccc(Br)cc1N(C)CC1CCOCC1. The number of anilines is 1. The van der Waals surface area contributed by atoms with E-state index in [0.717, 1.165) is 43.2 Å². The van der Waals surface area contributed by atoms with Crippen molar-refractivity contribution in [3.63, 3.8) is 0 Å². The molecule has 1 aliphatic rings. The van der Waals surface area contributed by atoms with E-state index in [1.165, 1.54) is 24.1 Å². The lowest BCUT2D eigenvalue weighted by Crippen LogP contribution is -2.30. The van der Waals surface area contributed by atoms with Gasteiger partial charge < -0.3 is 15.0 Å². The van der Waals surface area contributed by atoms with Crippen molar-refractivity contribution in [3.05, 3.63) is 28.2 Å². The summed E-state index contributed by atoms with van der Waals surface area (Å²) in [5.74, 6) is 0.750. The highest BCUT2D eigenvalue weighted by molar-refractivity contribution is 9.10.